The summed E-state index contributed by atoms with van der Waals surface area (Å²) in [5.74, 6) is -0.119. The summed E-state index contributed by atoms with van der Waals surface area (Å²) < 4.78 is 5.48. The van der Waals surface area contributed by atoms with Gasteiger partial charge in [-0.15, -0.1) is 0 Å². The lowest BCUT2D eigenvalue weighted by Gasteiger charge is -2.36. The van der Waals surface area contributed by atoms with Crippen molar-refractivity contribution in [2.75, 3.05) is 13.1 Å². The van der Waals surface area contributed by atoms with E-state index in [1.807, 2.05) is 31.7 Å². The zero-order chi connectivity index (χ0) is 20.5. The molecule has 1 aliphatic carbocycles. The predicted molar refractivity (Wildman–Crippen MR) is 111 cm³/mol. The zero-order valence-corrected chi connectivity index (χ0v) is 18.2. The largest absolute Gasteiger partial charge is 0.444 e. The van der Waals surface area contributed by atoms with Crippen molar-refractivity contribution < 1.29 is 14.3 Å². The van der Waals surface area contributed by atoms with Gasteiger partial charge < -0.3 is 14.5 Å². The van der Waals surface area contributed by atoms with E-state index in [-0.39, 0.29) is 24.0 Å². The molecule has 0 bridgehead atoms. The summed E-state index contributed by atoms with van der Waals surface area (Å²) >= 11 is 12.4. The summed E-state index contributed by atoms with van der Waals surface area (Å²) in [6.45, 7) is 7.03. The third-order valence-corrected chi connectivity index (χ3v) is 5.65. The lowest BCUT2D eigenvalue weighted by atomic mass is 9.96. The Hall–Kier alpha value is -1.46. The van der Waals surface area contributed by atoms with Crippen LogP contribution in [-0.2, 0) is 16.1 Å². The van der Waals surface area contributed by atoms with Gasteiger partial charge in [0.15, 0.2) is 0 Å². The minimum atomic E-state index is -0.544. The van der Waals surface area contributed by atoms with Crippen molar-refractivity contribution in [3.8, 4) is 0 Å². The van der Waals surface area contributed by atoms with E-state index in [0.717, 1.165) is 31.2 Å². The van der Waals surface area contributed by atoms with Gasteiger partial charge in [-0.3, -0.25) is 4.79 Å². The molecule has 1 aromatic rings. The normalized spacial score (nSPS) is 20.0. The number of likely N-dealkylation sites (tertiary alicyclic amines) is 1. The molecule has 1 saturated heterocycles. The van der Waals surface area contributed by atoms with Crippen molar-refractivity contribution >= 4 is 35.2 Å². The van der Waals surface area contributed by atoms with E-state index >= 15 is 0 Å². The van der Waals surface area contributed by atoms with Crippen molar-refractivity contribution in [1.29, 1.82) is 0 Å². The van der Waals surface area contributed by atoms with Crippen LogP contribution in [0.25, 0.3) is 0 Å². The Bertz CT molecular complexity index is 744. The molecule has 28 heavy (non-hydrogen) atoms. The number of piperidine rings is 1. The minimum Gasteiger partial charge on any atom is -0.444 e. The van der Waals surface area contributed by atoms with Gasteiger partial charge in [0.2, 0.25) is 5.91 Å². The third-order valence-electron chi connectivity index (χ3n) is 5.04. The number of carbonyl (C=O) groups is 2. The van der Waals surface area contributed by atoms with E-state index in [9.17, 15) is 9.59 Å². The lowest BCUT2D eigenvalue weighted by molar-refractivity contribution is -0.138. The van der Waals surface area contributed by atoms with Gasteiger partial charge in [-0.2, -0.15) is 0 Å². The maximum Gasteiger partial charge on any atom is 0.410 e. The molecule has 1 atom stereocenters. The summed E-state index contributed by atoms with van der Waals surface area (Å²) in [7, 11) is 0. The summed E-state index contributed by atoms with van der Waals surface area (Å²) in [5.41, 5.74) is 0.312. The Labute approximate surface area is 176 Å². The number of hydrogen-bond acceptors (Lipinski definition) is 3. The third kappa shape index (κ3) is 5.54. The van der Waals surface area contributed by atoms with Gasteiger partial charge in [0.25, 0.3) is 0 Å². The Balaban J connectivity index is 1.69. The van der Waals surface area contributed by atoms with Gasteiger partial charge in [0, 0.05) is 35.7 Å². The van der Waals surface area contributed by atoms with E-state index in [4.69, 9.17) is 27.9 Å². The highest BCUT2D eigenvalue weighted by atomic mass is 35.5. The predicted octanol–water partition coefficient (Wildman–Crippen LogP) is 5.13. The number of halogens is 2. The number of rotatable bonds is 4. The fourth-order valence-electron chi connectivity index (χ4n) is 3.53. The van der Waals surface area contributed by atoms with E-state index in [2.05, 4.69) is 0 Å². The van der Waals surface area contributed by atoms with Crippen LogP contribution in [0.1, 0.15) is 52.0 Å². The molecule has 0 aromatic heterocycles. The SMILES string of the molecule is CC(C)(C)OC(=O)N1CCCC(C(=O)N(Cc2cc(Cl)ccc2Cl)C2CC2)C1. The molecule has 1 aromatic carbocycles. The molecule has 2 fully saturated rings. The van der Waals surface area contributed by atoms with E-state index < -0.39 is 5.60 Å². The molecule has 1 unspecified atom stereocenters. The Kier molecular flexibility index (Phi) is 6.45. The van der Waals surface area contributed by atoms with Crippen molar-refractivity contribution in [1.82, 2.24) is 9.80 Å². The van der Waals surface area contributed by atoms with E-state index in [1.165, 1.54) is 0 Å². The van der Waals surface area contributed by atoms with Crippen molar-refractivity contribution in [3.05, 3.63) is 33.8 Å². The van der Waals surface area contributed by atoms with Gasteiger partial charge in [0.1, 0.15) is 5.60 Å². The molecule has 1 saturated carbocycles. The second-order valence-corrected chi connectivity index (χ2v) is 9.54. The highest BCUT2D eigenvalue weighted by molar-refractivity contribution is 6.33. The smallest absolute Gasteiger partial charge is 0.410 e. The second-order valence-electron chi connectivity index (χ2n) is 8.70. The molecule has 7 heteroatoms. The van der Waals surface area contributed by atoms with Crippen LogP contribution in [0.5, 0.6) is 0 Å². The first-order valence-corrected chi connectivity index (χ1v) is 10.6. The van der Waals surface area contributed by atoms with Gasteiger partial charge >= 0.3 is 6.09 Å². The highest BCUT2D eigenvalue weighted by Crippen LogP contribution is 2.33. The Morgan fingerprint density at radius 3 is 2.57 bits per heavy atom. The van der Waals surface area contributed by atoms with Gasteiger partial charge in [-0.25, -0.2) is 4.79 Å². The Morgan fingerprint density at radius 2 is 1.93 bits per heavy atom. The molecular weight excluding hydrogens is 399 g/mol. The number of hydrogen-bond donors (Lipinski definition) is 0. The molecule has 1 aliphatic heterocycles. The van der Waals surface area contributed by atoms with E-state index in [1.54, 1.807) is 17.0 Å². The minimum absolute atomic E-state index is 0.0896. The van der Waals surface area contributed by atoms with Crippen molar-refractivity contribution in [2.24, 2.45) is 5.92 Å². The molecule has 5 nitrogen and oxygen atoms in total. The summed E-state index contributed by atoms with van der Waals surface area (Å²) in [6.07, 6.45) is 3.25. The van der Waals surface area contributed by atoms with Crippen LogP contribution < -0.4 is 0 Å². The average Bonchev–Trinajstić information content (AvgIpc) is 3.45. The standard InChI is InChI=1S/C21H28Cl2N2O3/c1-21(2,3)28-20(27)24-10-4-5-14(12-24)19(26)25(17-7-8-17)13-15-11-16(22)6-9-18(15)23/h6,9,11,14,17H,4-5,7-8,10,12-13H2,1-3H3. The Morgan fingerprint density at radius 1 is 1.21 bits per heavy atom. The van der Waals surface area contributed by atoms with Crippen LogP contribution in [0, 0.1) is 5.92 Å². The topological polar surface area (TPSA) is 49.9 Å². The van der Waals surface area contributed by atoms with Crippen LogP contribution in [0.15, 0.2) is 18.2 Å². The number of ether oxygens (including phenoxy) is 1. The van der Waals surface area contributed by atoms with Crippen LogP contribution in [0.2, 0.25) is 10.0 Å². The molecule has 2 amide bonds. The first-order chi connectivity index (χ1) is 13.1. The van der Waals surface area contributed by atoms with Crippen LogP contribution in [-0.4, -0.2) is 46.5 Å². The van der Waals surface area contributed by atoms with Crippen LogP contribution in [0.3, 0.4) is 0 Å². The van der Waals surface area contributed by atoms with Gasteiger partial charge in [-0.1, -0.05) is 23.2 Å². The fraction of sp³-hybridized carbons (Fsp3) is 0.619. The monoisotopic (exact) mass is 426 g/mol. The number of nitrogens with zero attached hydrogens (tertiary/aromatic N) is 2. The zero-order valence-electron chi connectivity index (χ0n) is 16.7. The quantitative estimate of drug-likeness (QED) is 0.669. The molecule has 0 spiro atoms. The fourth-order valence-corrected chi connectivity index (χ4v) is 3.90. The molecular formula is C21H28Cl2N2O3. The molecule has 154 valence electrons. The first-order valence-electron chi connectivity index (χ1n) is 9.86. The summed E-state index contributed by atoms with van der Waals surface area (Å²) in [6, 6.07) is 5.58. The number of amides is 2. The first kappa shape index (κ1) is 21.3. The maximum absolute atomic E-state index is 13.3. The lowest BCUT2D eigenvalue weighted by Crippen LogP contribution is -2.48. The summed E-state index contributed by atoms with van der Waals surface area (Å²) in [4.78, 5) is 29.3. The molecule has 1 heterocycles. The van der Waals surface area contributed by atoms with Gasteiger partial charge in [0.05, 0.1) is 5.92 Å². The average molecular weight is 427 g/mol. The van der Waals surface area contributed by atoms with Gasteiger partial charge in [-0.05, 0) is 70.2 Å². The molecule has 0 radical (unpaired) electrons. The number of benzene rings is 1. The molecule has 0 N–H and O–H groups in total. The van der Waals surface area contributed by atoms with Crippen LogP contribution >= 0.6 is 23.2 Å². The maximum atomic E-state index is 13.3. The highest BCUT2D eigenvalue weighted by Gasteiger charge is 2.38. The summed E-state index contributed by atoms with van der Waals surface area (Å²) in [5, 5.41) is 1.22. The van der Waals surface area contributed by atoms with E-state index in [0.29, 0.717) is 29.7 Å². The molecule has 3 rings (SSSR count). The molecule has 2 aliphatic rings. The van der Waals surface area contributed by atoms with Crippen LogP contribution in [0.4, 0.5) is 4.79 Å². The second kappa shape index (κ2) is 8.50. The van der Waals surface area contributed by atoms with Crippen molar-refractivity contribution in [3.63, 3.8) is 0 Å². The number of carbonyl (C=O) groups excluding carboxylic acids is 2. The van der Waals surface area contributed by atoms with Crippen molar-refractivity contribution in [2.45, 2.75) is 64.6 Å².